The number of primary amides is 1. The molecule has 0 saturated carbocycles. The highest BCUT2D eigenvalue weighted by atomic mass is 35.5. The Morgan fingerprint density at radius 2 is 1.75 bits per heavy atom. The minimum atomic E-state index is -4.58. The molecular formula is C18H12ClF3N4O2. The molecule has 0 radical (unpaired) electrons. The predicted molar refractivity (Wildman–Crippen MR) is 96.5 cm³/mol. The van der Waals surface area contributed by atoms with Crippen LogP contribution in [-0.4, -0.2) is 21.6 Å². The highest BCUT2D eigenvalue weighted by Gasteiger charge is 2.31. The van der Waals surface area contributed by atoms with Gasteiger partial charge in [-0.2, -0.15) is 18.3 Å². The molecule has 10 heteroatoms. The Labute approximate surface area is 161 Å². The Morgan fingerprint density at radius 1 is 1.07 bits per heavy atom. The lowest BCUT2D eigenvalue weighted by atomic mass is 10.1. The second-order valence-corrected chi connectivity index (χ2v) is 6.08. The molecule has 28 heavy (non-hydrogen) atoms. The molecule has 0 fully saturated rings. The first-order chi connectivity index (χ1) is 13.2. The van der Waals surface area contributed by atoms with Gasteiger partial charge in [0.05, 0.1) is 21.8 Å². The van der Waals surface area contributed by atoms with Crippen LogP contribution in [0.4, 0.5) is 19.0 Å². The number of benzene rings is 2. The van der Waals surface area contributed by atoms with E-state index in [1.54, 1.807) is 30.3 Å². The lowest BCUT2D eigenvalue weighted by Crippen LogP contribution is -2.16. The molecule has 0 atom stereocenters. The molecule has 0 aliphatic rings. The highest BCUT2D eigenvalue weighted by Crippen LogP contribution is 2.32. The van der Waals surface area contributed by atoms with E-state index in [0.717, 1.165) is 12.1 Å². The minimum absolute atomic E-state index is 0.0981. The van der Waals surface area contributed by atoms with E-state index in [4.69, 9.17) is 17.3 Å². The van der Waals surface area contributed by atoms with Gasteiger partial charge in [-0.25, -0.2) is 4.68 Å². The standard InChI is InChI=1S/C18H12ClF3N4O2/c19-13-8-10(18(20,21)22)6-7-12(13)17(28)24-15-9-14(16(23)27)25-26(15)11-4-2-1-3-5-11/h1-9H,(H2,23,27)(H,24,28). The van der Waals surface area contributed by atoms with E-state index in [1.807, 2.05) is 0 Å². The van der Waals surface area contributed by atoms with Crippen LogP contribution in [0.5, 0.6) is 0 Å². The zero-order valence-corrected chi connectivity index (χ0v) is 14.8. The number of carbonyl (C=O) groups is 2. The van der Waals surface area contributed by atoms with Gasteiger partial charge < -0.3 is 11.1 Å². The fraction of sp³-hybridized carbons (Fsp3) is 0.0556. The topological polar surface area (TPSA) is 90.0 Å². The fourth-order valence-electron chi connectivity index (χ4n) is 2.42. The van der Waals surface area contributed by atoms with Crippen LogP contribution in [0.1, 0.15) is 26.4 Å². The monoisotopic (exact) mass is 408 g/mol. The van der Waals surface area contributed by atoms with Gasteiger partial charge in [-0.15, -0.1) is 0 Å². The van der Waals surface area contributed by atoms with Gasteiger partial charge in [0, 0.05) is 6.07 Å². The number of anilines is 1. The second kappa shape index (κ2) is 7.35. The summed E-state index contributed by atoms with van der Waals surface area (Å²) in [4.78, 5) is 24.0. The predicted octanol–water partition coefficient (Wildman–Crippen LogP) is 3.90. The molecule has 1 heterocycles. The molecule has 144 valence electrons. The lowest BCUT2D eigenvalue weighted by Gasteiger charge is -2.11. The molecule has 3 N–H and O–H groups in total. The number of carbonyl (C=O) groups excluding carboxylic acids is 2. The maximum Gasteiger partial charge on any atom is 0.416 e. The molecule has 2 amide bonds. The van der Waals surface area contributed by atoms with Crippen LogP contribution in [0, 0.1) is 0 Å². The number of nitrogens with zero attached hydrogens (tertiary/aromatic N) is 2. The maximum absolute atomic E-state index is 12.8. The van der Waals surface area contributed by atoms with Gasteiger partial charge in [0.15, 0.2) is 5.69 Å². The van der Waals surface area contributed by atoms with Gasteiger partial charge in [-0.05, 0) is 30.3 Å². The average Bonchev–Trinajstić information content (AvgIpc) is 3.05. The number of nitrogens with one attached hydrogen (secondary N) is 1. The van der Waals surface area contributed by atoms with Crippen molar-refractivity contribution in [1.29, 1.82) is 0 Å². The Kier molecular flexibility index (Phi) is 5.10. The third-order valence-electron chi connectivity index (χ3n) is 3.75. The fourth-order valence-corrected chi connectivity index (χ4v) is 2.68. The molecule has 6 nitrogen and oxygen atoms in total. The molecular weight excluding hydrogens is 397 g/mol. The number of alkyl halides is 3. The van der Waals surface area contributed by atoms with Gasteiger partial charge in [0.2, 0.25) is 0 Å². The molecule has 3 aromatic rings. The quantitative estimate of drug-likeness (QED) is 0.686. The van der Waals surface area contributed by atoms with E-state index >= 15 is 0 Å². The number of rotatable bonds is 4. The molecule has 2 aromatic carbocycles. The van der Waals surface area contributed by atoms with Crippen molar-refractivity contribution in [3.05, 3.63) is 76.4 Å². The molecule has 3 rings (SSSR count). The molecule has 0 aliphatic carbocycles. The Bertz CT molecular complexity index is 1050. The van der Waals surface area contributed by atoms with Gasteiger partial charge in [0.25, 0.3) is 11.8 Å². The number of hydrogen-bond acceptors (Lipinski definition) is 3. The summed E-state index contributed by atoms with van der Waals surface area (Å²) in [6.45, 7) is 0. The summed E-state index contributed by atoms with van der Waals surface area (Å²) < 4.78 is 39.5. The first kappa shape index (κ1) is 19.4. The second-order valence-electron chi connectivity index (χ2n) is 5.67. The van der Waals surface area contributed by atoms with Crippen molar-refractivity contribution in [2.45, 2.75) is 6.18 Å². The molecule has 0 unspecified atom stereocenters. The van der Waals surface area contributed by atoms with Crippen molar-refractivity contribution in [3.8, 4) is 5.69 Å². The largest absolute Gasteiger partial charge is 0.416 e. The van der Waals surface area contributed by atoms with Gasteiger partial charge in [-0.3, -0.25) is 9.59 Å². The third kappa shape index (κ3) is 3.99. The van der Waals surface area contributed by atoms with E-state index in [2.05, 4.69) is 10.4 Å². The van der Waals surface area contributed by atoms with Crippen LogP contribution in [0.15, 0.2) is 54.6 Å². The third-order valence-corrected chi connectivity index (χ3v) is 4.06. The first-order valence-electron chi connectivity index (χ1n) is 7.80. The van der Waals surface area contributed by atoms with Crippen molar-refractivity contribution < 1.29 is 22.8 Å². The zero-order valence-electron chi connectivity index (χ0n) is 14.0. The van der Waals surface area contributed by atoms with Crippen molar-refractivity contribution in [2.24, 2.45) is 5.73 Å². The van der Waals surface area contributed by atoms with Gasteiger partial charge >= 0.3 is 6.18 Å². The Morgan fingerprint density at radius 3 is 2.32 bits per heavy atom. The highest BCUT2D eigenvalue weighted by molar-refractivity contribution is 6.34. The van der Waals surface area contributed by atoms with Crippen molar-refractivity contribution >= 4 is 29.2 Å². The number of nitrogens with two attached hydrogens (primary N) is 1. The number of halogens is 4. The maximum atomic E-state index is 12.8. The van der Waals surface area contributed by atoms with Crippen LogP contribution in [0.2, 0.25) is 5.02 Å². The van der Waals surface area contributed by atoms with Crippen LogP contribution in [-0.2, 0) is 6.18 Å². The minimum Gasteiger partial charge on any atom is -0.364 e. The number of amides is 2. The number of hydrogen-bond donors (Lipinski definition) is 2. The molecule has 1 aromatic heterocycles. The van der Waals surface area contributed by atoms with E-state index in [1.165, 1.54) is 10.7 Å². The summed E-state index contributed by atoms with van der Waals surface area (Å²) in [6.07, 6.45) is -4.58. The number of para-hydroxylation sites is 1. The average molecular weight is 409 g/mol. The van der Waals surface area contributed by atoms with Gasteiger partial charge in [0.1, 0.15) is 5.82 Å². The van der Waals surface area contributed by atoms with Crippen LogP contribution in [0.25, 0.3) is 5.69 Å². The van der Waals surface area contributed by atoms with Crippen LogP contribution >= 0.6 is 11.6 Å². The van der Waals surface area contributed by atoms with E-state index < -0.39 is 23.6 Å². The first-order valence-corrected chi connectivity index (χ1v) is 8.18. The normalized spacial score (nSPS) is 11.3. The summed E-state index contributed by atoms with van der Waals surface area (Å²) in [5.74, 6) is -1.48. The summed E-state index contributed by atoms with van der Waals surface area (Å²) in [5, 5.41) is 6.16. The Hall–Kier alpha value is -3.33. The summed E-state index contributed by atoms with van der Waals surface area (Å²) >= 11 is 5.85. The van der Waals surface area contributed by atoms with Crippen molar-refractivity contribution in [2.75, 3.05) is 5.32 Å². The van der Waals surface area contributed by atoms with E-state index in [9.17, 15) is 22.8 Å². The van der Waals surface area contributed by atoms with Gasteiger partial charge in [-0.1, -0.05) is 29.8 Å². The van der Waals surface area contributed by atoms with Crippen molar-refractivity contribution in [3.63, 3.8) is 0 Å². The lowest BCUT2D eigenvalue weighted by molar-refractivity contribution is -0.137. The SMILES string of the molecule is NC(=O)c1cc(NC(=O)c2ccc(C(F)(F)F)cc2Cl)n(-c2ccccc2)n1. The van der Waals surface area contributed by atoms with Crippen molar-refractivity contribution in [1.82, 2.24) is 9.78 Å². The summed E-state index contributed by atoms with van der Waals surface area (Å²) in [7, 11) is 0. The van der Waals surface area contributed by atoms with E-state index in [-0.39, 0.29) is 22.1 Å². The smallest absolute Gasteiger partial charge is 0.364 e. The van der Waals surface area contributed by atoms with E-state index in [0.29, 0.717) is 11.8 Å². The molecule has 0 bridgehead atoms. The summed E-state index contributed by atoms with van der Waals surface area (Å²) in [6, 6.07) is 12.2. The Balaban J connectivity index is 1.95. The molecule has 0 aliphatic heterocycles. The summed E-state index contributed by atoms with van der Waals surface area (Å²) in [5.41, 5.74) is 4.53. The number of aromatic nitrogens is 2. The van der Waals surface area contributed by atoms with Crippen LogP contribution < -0.4 is 11.1 Å². The molecule has 0 saturated heterocycles. The molecule has 0 spiro atoms. The zero-order chi connectivity index (χ0) is 20.5. The van der Waals surface area contributed by atoms with Crippen LogP contribution in [0.3, 0.4) is 0 Å².